The first kappa shape index (κ1) is 24.8. The van der Waals surface area contributed by atoms with Crippen molar-refractivity contribution in [2.45, 2.75) is 33.1 Å². The van der Waals surface area contributed by atoms with Gasteiger partial charge in [0.2, 0.25) is 5.91 Å². The molecule has 0 aliphatic carbocycles. The van der Waals surface area contributed by atoms with Gasteiger partial charge in [-0.05, 0) is 37.1 Å². The quantitative estimate of drug-likeness (QED) is 0.587. The van der Waals surface area contributed by atoms with E-state index in [1.165, 1.54) is 7.11 Å². The molecule has 0 fully saturated rings. The molecule has 2 heterocycles. The summed E-state index contributed by atoms with van der Waals surface area (Å²) in [4.78, 5) is 30.1. The van der Waals surface area contributed by atoms with Crippen molar-refractivity contribution in [3.8, 4) is 0 Å². The van der Waals surface area contributed by atoms with Crippen LogP contribution in [-0.2, 0) is 14.3 Å². The van der Waals surface area contributed by atoms with Gasteiger partial charge in [-0.2, -0.15) is 0 Å². The summed E-state index contributed by atoms with van der Waals surface area (Å²) in [6.07, 6.45) is 3.19. The number of esters is 1. The van der Waals surface area contributed by atoms with Crippen LogP contribution in [0.4, 0.5) is 0 Å². The number of amides is 1. The average molecular weight is 416 g/mol. The fourth-order valence-electron chi connectivity index (χ4n) is 1.97. The lowest BCUT2D eigenvalue weighted by atomic mass is 10.0. The van der Waals surface area contributed by atoms with Crippen molar-refractivity contribution in [2.24, 2.45) is 0 Å². The number of methoxy groups -OCH3 is 1. The maximum atomic E-state index is 11.2. The molecule has 2 aromatic rings. The Hall–Kier alpha value is -2.18. The highest BCUT2D eigenvalue weighted by atomic mass is 35.5. The second-order valence-corrected chi connectivity index (χ2v) is 6.18. The van der Waals surface area contributed by atoms with Crippen LogP contribution >= 0.6 is 23.2 Å². The molecular weight excluding hydrogens is 389 g/mol. The van der Waals surface area contributed by atoms with Gasteiger partial charge in [0.15, 0.2) is 0 Å². The second-order valence-electron chi connectivity index (χ2n) is 5.41. The molecule has 0 aliphatic heterocycles. The third-order valence-corrected chi connectivity index (χ3v) is 4.14. The van der Waals surface area contributed by atoms with Crippen LogP contribution in [0.5, 0.6) is 0 Å². The summed E-state index contributed by atoms with van der Waals surface area (Å²) in [6.45, 7) is 3.58. The molecule has 0 saturated heterocycles. The van der Waals surface area contributed by atoms with Gasteiger partial charge in [0, 0.05) is 20.9 Å². The highest BCUT2D eigenvalue weighted by Gasteiger charge is 2.15. The number of hydrogen-bond acceptors (Lipinski definition) is 5. The number of ether oxygens (including phenoxy) is 1. The second kappa shape index (κ2) is 12.3. The lowest BCUT2D eigenvalue weighted by Crippen LogP contribution is -2.23. The SMILES string of the molecule is C.CNC(=O)C(C)c1ccc(Cl)nc1.COC(=O)C(C)c1ccc(Cl)nc1.[HH]. The van der Waals surface area contributed by atoms with Crippen molar-refractivity contribution < 1.29 is 15.8 Å². The minimum Gasteiger partial charge on any atom is -0.469 e. The zero-order chi connectivity index (χ0) is 19.7. The van der Waals surface area contributed by atoms with Gasteiger partial charge >= 0.3 is 5.97 Å². The topological polar surface area (TPSA) is 81.2 Å². The number of nitrogens with one attached hydrogen (secondary N) is 1. The Morgan fingerprint density at radius 1 is 1.00 bits per heavy atom. The molecule has 0 spiro atoms. The van der Waals surface area contributed by atoms with Crippen LogP contribution in [0, 0.1) is 0 Å². The molecule has 2 aromatic heterocycles. The van der Waals surface area contributed by atoms with Gasteiger partial charge in [-0.15, -0.1) is 0 Å². The lowest BCUT2D eigenvalue weighted by molar-refractivity contribution is -0.142. The van der Waals surface area contributed by atoms with Crippen molar-refractivity contribution in [1.29, 1.82) is 0 Å². The molecule has 0 radical (unpaired) electrons. The van der Waals surface area contributed by atoms with Gasteiger partial charge in [0.05, 0.1) is 18.9 Å². The Balaban J connectivity index is 0. The Morgan fingerprint density at radius 3 is 1.78 bits per heavy atom. The van der Waals surface area contributed by atoms with E-state index in [2.05, 4.69) is 20.0 Å². The molecule has 0 aromatic carbocycles. The smallest absolute Gasteiger partial charge is 0.312 e. The molecule has 1 N–H and O–H groups in total. The standard InChI is InChI=1S/C9H11ClN2O.C9H10ClNO2.CH4.H2/c1-6(9(13)11-2)7-3-4-8(10)12-5-7;1-6(9(12)13-2)7-3-4-8(10)11-5-7;;/h3-6H,1-2H3,(H,11,13);3-6H,1-2H3;1H4;1H. The fraction of sp³-hybridized carbons (Fsp3) is 0.368. The molecule has 27 heavy (non-hydrogen) atoms. The molecule has 0 aliphatic rings. The third-order valence-electron chi connectivity index (χ3n) is 3.69. The summed E-state index contributed by atoms with van der Waals surface area (Å²) in [5.41, 5.74) is 1.67. The first-order valence-corrected chi connectivity index (χ1v) is 8.58. The van der Waals surface area contributed by atoms with E-state index in [1.807, 2.05) is 6.92 Å². The maximum Gasteiger partial charge on any atom is 0.312 e. The lowest BCUT2D eigenvalue weighted by Gasteiger charge is -2.08. The van der Waals surface area contributed by atoms with Gasteiger partial charge in [-0.25, -0.2) is 9.97 Å². The average Bonchev–Trinajstić information content (AvgIpc) is 2.67. The molecule has 150 valence electrons. The monoisotopic (exact) mass is 415 g/mol. The van der Waals surface area contributed by atoms with Crippen molar-refractivity contribution in [3.05, 3.63) is 58.1 Å². The number of hydrogen-bond donors (Lipinski definition) is 1. The predicted octanol–water partition coefficient (Wildman–Crippen LogP) is 4.48. The summed E-state index contributed by atoms with van der Waals surface area (Å²) < 4.78 is 4.60. The van der Waals surface area contributed by atoms with Crippen molar-refractivity contribution >= 4 is 35.1 Å². The van der Waals surface area contributed by atoms with Gasteiger partial charge in [0.25, 0.3) is 0 Å². The first-order valence-electron chi connectivity index (χ1n) is 7.82. The van der Waals surface area contributed by atoms with Crippen molar-refractivity contribution in [1.82, 2.24) is 15.3 Å². The van der Waals surface area contributed by atoms with E-state index in [-0.39, 0.29) is 32.6 Å². The predicted molar refractivity (Wildman–Crippen MR) is 110 cm³/mol. The van der Waals surface area contributed by atoms with Crippen molar-refractivity contribution in [2.75, 3.05) is 14.2 Å². The normalized spacial score (nSPS) is 11.8. The molecule has 1 amide bonds. The van der Waals surface area contributed by atoms with E-state index in [0.717, 1.165) is 11.1 Å². The molecule has 2 unspecified atom stereocenters. The van der Waals surface area contributed by atoms with Crippen LogP contribution < -0.4 is 5.32 Å². The summed E-state index contributed by atoms with van der Waals surface area (Å²) in [6, 6.07) is 6.89. The number of carbonyl (C=O) groups excluding carboxylic acids is 2. The number of carbonyl (C=O) groups is 2. The summed E-state index contributed by atoms with van der Waals surface area (Å²) in [7, 11) is 2.98. The molecule has 0 bridgehead atoms. The maximum absolute atomic E-state index is 11.2. The number of aromatic nitrogens is 2. The van der Waals surface area contributed by atoms with E-state index in [1.54, 1.807) is 50.6 Å². The number of nitrogens with zero attached hydrogens (tertiary/aromatic N) is 2. The van der Waals surface area contributed by atoms with Crippen LogP contribution in [0.25, 0.3) is 0 Å². The van der Waals surface area contributed by atoms with Crippen LogP contribution in [0.1, 0.15) is 45.7 Å². The van der Waals surface area contributed by atoms with E-state index < -0.39 is 0 Å². The van der Waals surface area contributed by atoms with Crippen LogP contribution in [-0.4, -0.2) is 36.0 Å². The van der Waals surface area contributed by atoms with Crippen LogP contribution in [0.15, 0.2) is 36.7 Å². The Bertz CT molecular complexity index is 665. The van der Waals surface area contributed by atoms with Crippen LogP contribution in [0.2, 0.25) is 10.3 Å². The molecule has 8 heteroatoms. The van der Waals surface area contributed by atoms with E-state index in [4.69, 9.17) is 23.2 Å². The van der Waals surface area contributed by atoms with Crippen molar-refractivity contribution in [3.63, 3.8) is 0 Å². The zero-order valence-electron chi connectivity index (χ0n) is 15.0. The van der Waals surface area contributed by atoms with E-state index >= 15 is 0 Å². The number of likely N-dealkylation sites (N-methyl/N-ethyl adjacent to an activating group) is 1. The Kier molecular flexibility index (Phi) is 11.3. The molecular formula is C19H27Cl2N3O3. The molecule has 0 saturated carbocycles. The highest BCUT2D eigenvalue weighted by Crippen LogP contribution is 2.17. The number of halogens is 2. The summed E-state index contributed by atoms with van der Waals surface area (Å²) in [5.74, 6) is -0.780. The fourth-order valence-corrected chi connectivity index (χ4v) is 2.19. The molecule has 2 rings (SSSR count). The van der Waals surface area contributed by atoms with Crippen LogP contribution in [0.3, 0.4) is 0 Å². The zero-order valence-corrected chi connectivity index (χ0v) is 16.5. The molecule has 6 nitrogen and oxygen atoms in total. The number of pyridine rings is 2. The highest BCUT2D eigenvalue weighted by molar-refractivity contribution is 6.29. The minimum atomic E-state index is -0.297. The minimum absolute atomic E-state index is 0. The van der Waals surface area contributed by atoms with Gasteiger partial charge in [-0.3, -0.25) is 9.59 Å². The largest absolute Gasteiger partial charge is 0.469 e. The summed E-state index contributed by atoms with van der Waals surface area (Å²) in [5, 5.41) is 3.43. The van der Waals surface area contributed by atoms with E-state index in [9.17, 15) is 9.59 Å². The number of rotatable bonds is 4. The molecule has 2 atom stereocenters. The Morgan fingerprint density at radius 2 is 1.44 bits per heavy atom. The van der Waals surface area contributed by atoms with Gasteiger partial charge < -0.3 is 10.1 Å². The van der Waals surface area contributed by atoms with Gasteiger partial charge in [0.1, 0.15) is 10.3 Å². The Labute approximate surface area is 171 Å². The summed E-state index contributed by atoms with van der Waals surface area (Å²) >= 11 is 11.2. The third kappa shape index (κ3) is 7.93. The first-order chi connectivity index (χ1) is 12.3. The van der Waals surface area contributed by atoms with Gasteiger partial charge in [-0.1, -0.05) is 42.8 Å². The van der Waals surface area contributed by atoms with E-state index in [0.29, 0.717) is 10.3 Å².